The fraction of sp³-hybridized carbons (Fsp3) is 0.611. The van der Waals surface area contributed by atoms with Gasteiger partial charge in [-0.3, -0.25) is 9.69 Å². The van der Waals surface area contributed by atoms with Crippen LogP contribution < -0.4 is 0 Å². The third-order valence-electron chi connectivity index (χ3n) is 4.55. The fourth-order valence-electron chi connectivity index (χ4n) is 3.04. The number of hydrogen-bond donors (Lipinski definition) is 1. The number of benzene rings is 1. The van der Waals surface area contributed by atoms with Gasteiger partial charge in [-0.25, -0.2) is 0 Å². The van der Waals surface area contributed by atoms with Crippen molar-refractivity contribution in [1.82, 2.24) is 9.80 Å². The van der Waals surface area contributed by atoms with Crippen molar-refractivity contribution in [2.75, 3.05) is 26.7 Å². The lowest BCUT2D eigenvalue weighted by molar-refractivity contribution is -0.135. The van der Waals surface area contributed by atoms with Gasteiger partial charge in [0, 0.05) is 31.6 Å². The molecule has 0 unspecified atom stereocenters. The van der Waals surface area contributed by atoms with Gasteiger partial charge in [-0.2, -0.15) is 0 Å². The Kier molecular flexibility index (Phi) is 6.25. The molecule has 0 saturated carbocycles. The second kappa shape index (κ2) is 8.18. The van der Waals surface area contributed by atoms with Gasteiger partial charge in [0.15, 0.2) is 0 Å². The molecule has 1 fully saturated rings. The topological polar surface area (TPSA) is 43.8 Å². The first kappa shape index (κ1) is 16.8. The van der Waals surface area contributed by atoms with Gasteiger partial charge in [-0.1, -0.05) is 31.5 Å². The molecule has 1 aromatic carbocycles. The van der Waals surface area contributed by atoms with Crippen LogP contribution in [0.2, 0.25) is 0 Å². The molecule has 1 aliphatic rings. The molecule has 1 aromatic rings. The molecule has 0 bridgehead atoms. The lowest BCUT2D eigenvalue weighted by atomic mass is 9.95. The summed E-state index contributed by atoms with van der Waals surface area (Å²) in [7, 11) is 1.92. The van der Waals surface area contributed by atoms with Gasteiger partial charge in [-0.05, 0) is 38.4 Å². The van der Waals surface area contributed by atoms with Gasteiger partial charge in [0.25, 0.3) is 0 Å². The van der Waals surface area contributed by atoms with Crippen molar-refractivity contribution in [2.45, 2.75) is 39.2 Å². The van der Waals surface area contributed by atoms with E-state index >= 15 is 0 Å². The van der Waals surface area contributed by atoms with Crippen molar-refractivity contribution in [2.24, 2.45) is 5.92 Å². The molecular formula is C18H28N2O2. The third kappa shape index (κ3) is 4.47. The van der Waals surface area contributed by atoms with Crippen molar-refractivity contribution >= 4 is 5.91 Å². The number of piperidine rings is 1. The van der Waals surface area contributed by atoms with Crippen LogP contribution in [0.3, 0.4) is 0 Å². The minimum absolute atomic E-state index is 0.169. The summed E-state index contributed by atoms with van der Waals surface area (Å²) < 4.78 is 0. The minimum atomic E-state index is 0.169. The third-order valence-corrected chi connectivity index (χ3v) is 4.55. The molecule has 4 heteroatoms. The quantitative estimate of drug-likeness (QED) is 0.879. The monoisotopic (exact) mass is 304 g/mol. The lowest BCUT2D eigenvalue weighted by Crippen LogP contribution is -2.41. The van der Waals surface area contributed by atoms with Gasteiger partial charge in [-0.15, -0.1) is 0 Å². The summed E-state index contributed by atoms with van der Waals surface area (Å²) in [6.45, 7) is 5.63. The van der Waals surface area contributed by atoms with Crippen LogP contribution in [0.5, 0.6) is 5.75 Å². The molecule has 1 heterocycles. The molecule has 0 aromatic heterocycles. The number of hydrogen-bond acceptors (Lipinski definition) is 3. The van der Waals surface area contributed by atoms with Crippen molar-refractivity contribution in [3.8, 4) is 5.75 Å². The Morgan fingerprint density at radius 3 is 2.64 bits per heavy atom. The SMILES string of the molecule is CCCCN(C)C(=O)C1CCN(Cc2ccccc2O)CC1. The summed E-state index contributed by atoms with van der Waals surface area (Å²) in [6.07, 6.45) is 4.04. The number of aromatic hydroxyl groups is 1. The predicted molar refractivity (Wildman–Crippen MR) is 88.7 cm³/mol. The van der Waals surface area contributed by atoms with Crippen molar-refractivity contribution < 1.29 is 9.90 Å². The summed E-state index contributed by atoms with van der Waals surface area (Å²) in [5.41, 5.74) is 0.965. The first-order valence-corrected chi connectivity index (χ1v) is 8.36. The van der Waals surface area contributed by atoms with E-state index in [2.05, 4.69) is 11.8 Å². The van der Waals surface area contributed by atoms with Gasteiger partial charge in [0.1, 0.15) is 5.75 Å². The van der Waals surface area contributed by atoms with E-state index in [1.165, 1.54) is 0 Å². The number of phenolic OH excluding ortho intramolecular Hbond substituents is 1. The van der Waals surface area contributed by atoms with E-state index in [1.54, 1.807) is 6.07 Å². The number of carbonyl (C=O) groups is 1. The smallest absolute Gasteiger partial charge is 0.225 e. The number of nitrogens with zero attached hydrogens (tertiary/aromatic N) is 2. The minimum Gasteiger partial charge on any atom is -0.508 e. The highest BCUT2D eigenvalue weighted by Crippen LogP contribution is 2.23. The molecule has 1 saturated heterocycles. The van der Waals surface area contributed by atoms with E-state index in [-0.39, 0.29) is 5.92 Å². The number of para-hydroxylation sites is 1. The lowest BCUT2D eigenvalue weighted by Gasteiger charge is -2.33. The molecule has 0 atom stereocenters. The highest BCUT2D eigenvalue weighted by atomic mass is 16.3. The maximum Gasteiger partial charge on any atom is 0.225 e. The summed E-state index contributed by atoms with van der Waals surface area (Å²) in [4.78, 5) is 16.6. The Bertz CT molecular complexity index is 482. The second-order valence-corrected chi connectivity index (χ2v) is 6.29. The molecule has 0 spiro atoms. The van der Waals surface area contributed by atoms with Crippen LogP contribution in [-0.4, -0.2) is 47.5 Å². The molecule has 1 aliphatic heterocycles. The zero-order chi connectivity index (χ0) is 15.9. The Labute approximate surface area is 133 Å². The van der Waals surface area contributed by atoms with E-state index in [1.807, 2.05) is 30.1 Å². The molecule has 122 valence electrons. The molecule has 0 aliphatic carbocycles. The van der Waals surface area contributed by atoms with Gasteiger partial charge in [0.05, 0.1) is 0 Å². The largest absolute Gasteiger partial charge is 0.508 e. The first-order chi connectivity index (χ1) is 10.6. The summed E-state index contributed by atoms with van der Waals surface area (Å²) in [6, 6.07) is 7.49. The molecule has 4 nitrogen and oxygen atoms in total. The predicted octanol–water partition coefficient (Wildman–Crippen LogP) is 2.86. The molecule has 2 rings (SSSR count). The maximum absolute atomic E-state index is 12.4. The number of phenols is 1. The van der Waals surface area contributed by atoms with Crippen molar-refractivity contribution in [3.63, 3.8) is 0 Å². The van der Waals surface area contributed by atoms with Crippen LogP contribution in [0, 0.1) is 5.92 Å². The second-order valence-electron chi connectivity index (χ2n) is 6.29. The highest BCUT2D eigenvalue weighted by molar-refractivity contribution is 5.78. The number of rotatable bonds is 6. The van der Waals surface area contributed by atoms with E-state index < -0.39 is 0 Å². The summed E-state index contributed by atoms with van der Waals surface area (Å²) in [5.74, 6) is 0.832. The van der Waals surface area contributed by atoms with Crippen LogP contribution >= 0.6 is 0 Å². The van der Waals surface area contributed by atoms with Crippen LogP contribution in [0.15, 0.2) is 24.3 Å². The van der Waals surface area contributed by atoms with E-state index in [0.29, 0.717) is 11.7 Å². The normalized spacial score (nSPS) is 16.6. The summed E-state index contributed by atoms with van der Waals surface area (Å²) >= 11 is 0. The van der Waals surface area contributed by atoms with Crippen LogP contribution in [0.25, 0.3) is 0 Å². The number of likely N-dealkylation sites (tertiary alicyclic amines) is 1. The zero-order valence-electron chi connectivity index (χ0n) is 13.8. The Hall–Kier alpha value is -1.55. The Morgan fingerprint density at radius 1 is 1.32 bits per heavy atom. The van der Waals surface area contributed by atoms with E-state index in [4.69, 9.17) is 0 Å². The van der Waals surface area contributed by atoms with E-state index in [0.717, 1.165) is 57.4 Å². The Balaban J connectivity index is 1.80. The Morgan fingerprint density at radius 2 is 2.00 bits per heavy atom. The van der Waals surface area contributed by atoms with Crippen molar-refractivity contribution in [1.29, 1.82) is 0 Å². The number of unbranched alkanes of at least 4 members (excludes halogenated alkanes) is 1. The first-order valence-electron chi connectivity index (χ1n) is 8.36. The molecular weight excluding hydrogens is 276 g/mol. The maximum atomic E-state index is 12.4. The number of amides is 1. The summed E-state index contributed by atoms with van der Waals surface area (Å²) in [5, 5.41) is 9.85. The van der Waals surface area contributed by atoms with Crippen molar-refractivity contribution in [3.05, 3.63) is 29.8 Å². The fourth-order valence-corrected chi connectivity index (χ4v) is 3.04. The molecule has 1 amide bonds. The average molecular weight is 304 g/mol. The highest BCUT2D eigenvalue weighted by Gasteiger charge is 2.27. The van der Waals surface area contributed by atoms with Crippen LogP contribution in [-0.2, 0) is 11.3 Å². The standard InChI is InChI=1S/C18H28N2O2/c1-3-4-11-19(2)18(22)15-9-12-20(13-10-15)14-16-7-5-6-8-17(16)21/h5-8,15,21H,3-4,9-14H2,1-2H3. The average Bonchev–Trinajstić information content (AvgIpc) is 2.55. The molecule has 0 radical (unpaired) electrons. The molecule has 22 heavy (non-hydrogen) atoms. The molecule has 1 N–H and O–H groups in total. The number of carbonyl (C=O) groups excluding carboxylic acids is 1. The van der Waals surface area contributed by atoms with Crippen LogP contribution in [0.4, 0.5) is 0 Å². The van der Waals surface area contributed by atoms with E-state index in [9.17, 15) is 9.90 Å². The zero-order valence-corrected chi connectivity index (χ0v) is 13.8. The van der Waals surface area contributed by atoms with Crippen LogP contribution in [0.1, 0.15) is 38.2 Å². The van der Waals surface area contributed by atoms with Gasteiger partial charge >= 0.3 is 0 Å². The van der Waals surface area contributed by atoms with Gasteiger partial charge in [0.2, 0.25) is 5.91 Å². The van der Waals surface area contributed by atoms with Gasteiger partial charge < -0.3 is 10.0 Å².